The molecule has 0 amide bonds. The van der Waals surface area contributed by atoms with Gasteiger partial charge in [-0.1, -0.05) is 36.4 Å². The summed E-state index contributed by atoms with van der Waals surface area (Å²) in [7, 11) is 0. The summed E-state index contributed by atoms with van der Waals surface area (Å²) in [6, 6.07) is 14.9. The van der Waals surface area contributed by atoms with Gasteiger partial charge in [0.25, 0.3) is 0 Å². The number of aliphatic hydroxyl groups is 1. The average Bonchev–Trinajstić information content (AvgIpc) is 2.46. The summed E-state index contributed by atoms with van der Waals surface area (Å²) in [5.41, 5.74) is 3.68. The van der Waals surface area contributed by atoms with E-state index in [1.165, 1.54) is 21.9 Å². The van der Waals surface area contributed by atoms with E-state index >= 15 is 0 Å². The molecule has 3 rings (SSSR count). The second kappa shape index (κ2) is 4.92. The van der Waals surface area contributed by atoms with Crippen LogP contribution in [-0.4, -0.2) is 24.8 Å². The van der Waals surface area contributed by atoms with Crippen molar-refractivity contribution in [2.24, 2.45) is 0 Å². The van der Waals surface area contributed by atoms with E-state index in [0.717, 1.165) is 25.1 Å². The second-order valence-electron chi connectivity index (χ2n) is 4.73. The highest BCUT2D eigenvalue weighted by Gasteiger charge is 2.13. The summed E-state index contributed by atoms with van der Waals surface area (Å²) in [5.74, 6) is 0. The zero-order valence-electron chi connectivity index (χ0n) is 10.3. The highest BCUT2D eigenvalue weighted by Crippen LogP contribution is 2.27. The van der Waals surface area contributed by atoms with Crippen molar-refractivity contribution in [2.45, 2.75) is 6.42 Å². The summed E-state index contributed by atoms with van der Waals surface area (Å²) in [6.07, 6.45) is 0.994. The number of rotatable bonds is 2. The van der Waals surface area contributed by atoms with Gasteiger partial charge >= 0.3 is 0 Å². The van der Waals surface area contributed by atoms with Gasteiger partial charge in [-0.2, -0.15) is 0 Å². The number of hydrogen-bond donors (Lipinski definition) is 2. The van der Waals surface area contributed by atoms with Gasteiger partial charge in [0.15, 0.2) is 0 Å². The number of hydrogen-bond acceptors (Lipinski definition) is 2. The topological polar surface area (TPSA) is 32.3 Å². The van der Waals surface area contributed by atoms with E-state index in [4.69, 9.17) is 0 Å². The van der Waals surface area contributed by atoms with Crippen molar-refractivity contribution in [1.82, 2.24) is 5.32 Å². The fraction of sp³-hybridized carbons (Fsp3) is 0.250. The Labute approximate surface area is 107 Å². The number of benzene rings is 2. The van der Waals surface area contributed by atoms with Crippen molar-refractivity contribution in [1.29, 1.82) is 0 Å². The molecule has 2 aromatic rings. The highest BCUT2D eigenvalue weighted by molar-refractivity contribution is 5.86. The fourth-order valence-corrected chi connectivity index (χ4v) is 2.61. The molecule has 0 fully saturated rings. The quantitative estimate of drug-likeness (QED) is 0.844. The number of nitrogens with one attached hydrogen (secondary N) is 1. The molecule has 1 aliphatic rings. The lowest BCUT2D eigenvalue weighted by molar-refractivity contribution is 0.326. The third-order valence-corrected chi connectivity index (χ3v) is 3.61. The molecule has 2 N–H and O–H groups in total. The molecule has 18 heavy (non-hydrogen) atoms. The summed E-state index contributed by atoms with van der Waals surface area (Å²) >= 11 is 0. The summed E-state index contributed by atoms with van der Waals surface area (Å²) in [5, 5.41) is 15.3. The van der Waals surface area contributed by atoms with Gasteiger partial charge < -0.3 is 10.4 Å². The first kappa shape index (κ1) is 11.5. The summed E-state index contributed by atoms with van der Waals surface area (Å²) in [4.78, 5) is 0. The third kappa shape index (κ3) is 2.05. The molecule has 2 aromatic carbocycles. The van der Waals surface area contributed by atoms with Gasteiger partial charge in [-0.25, -0.2) is 0 Å². The lowest BCUT2D eigenvalue weighted by Crippen LogP contribution is -2.26. The first-order valence-electron chi connectivity index (χ1n) is 6.40. The smallest absolute Gasteiger partial charge is 0.0660 e. The predicted octanol–water partition coefficient (Wildman–Crippen LogP) is 2.58. The molecular formula is C16H17NO. The second-order valence-corrected chi connectivity index (χ2v) is 4.73. The maximum absolute atomic E-state index is 9.44. The lowest BCUT2D eigenvalue weighted by atomic mass is 9.93. The van der Waals surface area contributed by atoms with E-state index in [2.05, 4.69) is 47.8 Å². The van der Waals surface area contributed by atoms with Crippen LogP contribution in [0.3, 0.4) is 0 Å². The lowest BCUT2D eigenvalue weighted by Gasteiger charge is -2.20. The minimum Gasteiger partial charge on any atom is -0.392 e. The standard InChI is InChI=1S/C16H17NO/c18-11-15-10-17-8-7-16(15)14-6-5-12-3-1-2-4-13(12)9-14/h1-6,9,17-18H,7-8,10-11H2. The van der Waals surface area contributed by atoms with Crippen LogP contribution in [0, 0.1) is 0 Å². The zero-order chi connectivity index (χ0) is 12.4. The average molecular weight is 239 g/mol. The molecule has 2 nitrogen and oxygen atoms in total. The molecule has 0 spiro atoms. The number of fused-ring (bicyclic) bond motifs is 1. The van der Waals surface area contributed by atoms with E-state index < -0.39 is 0 Å². The van der Waals surface area contributed by atoms with E-state index in [9.17, 15) is 5.11 Å². The van der Waals surface area contributed by atoms with Crippen LogP contribution in [0.1, 0.15) is 12.0 Å². The number of aliphatic hydroxyl groups excluding tert-OH is 1. The van der Waals surface area contributed by atoms with E-state index in [1.807, 2.05) is 0 Å². The first-order chi connectivity index (χ1) is 8.88. The third-order valence-electron chi connectivity index (χ3n) is 3.61. The molecular weight excluding hydrogens is 222 g/mol. The Hall–Kier alpha value is -1.64. The van der Waals surface area contributed by atoms with Crippen LogP contribution < -0.4 is 5.32 Å². The van der Waals surface area contributed by atoms with Crippen LogP contribution in [0.4, 0.5) is 0 Å². The van der Waals surface area contributed by atoms with Gasteiger partial charge in [-0.05, 0) is 46.5 Å². The van der Waals surface area contributed by atoms with Crippen LogP contribution in [0.25, 0.3) is 16.3 Å². The molecule has 0 aromatic heterocycles. The molecule has 1 aliphatic heterocycles. The molecule has 0 radical (unpaired) electrons. The minimum atomic E-state index is 0.148. The maximum Gasteiger partial charge on any atom is 0.0660 e. The van der Waals surface area contributed by atoms with Gasteiger partial charge in [0.1, 0.15) is 0 Å². The molecule has 92 valence electrons. The van der Waals surface area contributed by atoms with E-state index in [0.29, 0.717) is 0 Å². The van der Waals surface area contributed by atoms with E-state index in [-0.39, 0.29) is 6.61 Å². The Kier molecular flexibility index (Phi) is 3.13. The van der Waals surface area contributed by atoms with Crippen molar-refractivity contribution in [2.75, 3.05) is 19.7 Å². The molecule has 0 aliphatic carbocycles. The molecule has 0 atom stereocenters. The van der Waals surface area contributed by atoms with Crippen LogP contribution >= 0.6 is 0 Å². The molecule has 1 heterocycles. The van der Waals surface area contributed by atoms with Gasteiger partial charge in [-0.3, -0.25) is 0 Å². The first-order valence-corrected chi connectivity index (χ1v) is 6.40. The Morgan fingerprint density at radius 3 is 2.72 bits per heavy atom. The van der Waals surface area contributed by atoms with Gasteiger partial charge in [0.05, 0.1) is 6.61 Å². The van der Waals surface area contributed by atoms with E-state index in [1.54, 1.807) is 0 Å². The van der Waals surface area contributed by atoms with Crippen LogP contribution in [-0.2, 0) is 0 Å². The Morgan fingerprint density at radius 1 is 1.06 bits per heavy atom. The molecule has 0 bridgehead atoms. The zero-order valence-corrected chi connectivity index (χ0v) is 10.3. The Morgan fingerprint density at radius 2 is 1.89 bits per heavy atom. The minimum absolute atomic E-state index is 0.148. The molecule has 0 unspecified atom stereocenters. The van der Waals surface area contributed by atoms with Crippen LogP contribution in [0.2, 0.25) is 0 Å². The van der Waals surface area contributed by atoms with Crippen molar-refractivity contribution >= 4 is 16.3 Å². The Bertz CT molecular complexity index is 601. The highest BCUT2D eigenvalue weighted by atomic mass is 16.3. The van der Waals surface area contributed by atoms with Gasteiger partial charge in [-0.15, -0.1) is 0 Å². The van der Waals surface area contributed by atoms with Crippen molar-refractivity contribution in [3.8, 4) is 0 Å². The Balaban J connectivity index is 2.10. The van der Waals surface area contributed by atoms with Crippen molar-refractivity contribution in [3.63, 3.8) is 0 Å². The van der Waals surface area contributed by atoms with Crippen LogP contribution in [0.5, 0.6) is 0 Å². The molecule has 0 saturated carbocycles. The predicted molar refractivity (Wildman–Crippen MR) is 75.4 cm³/mol. The maximum atomic E-state index is 9.44. The van der Waals surface area contributed by atoms with Crippen molar-refractivity contribution < 1.29 is 5.11 Å². The molecule has 0 saturated heterocycles. The van der Waals surface area contributed by atoms with Crippen molar-refractivity contribution in [3.05, 3.63) is 53.6 Å². The van der Waals surface area contributed by atoms with Gasteiger partial charge in [0.2, 0.25) is 0 Å². The van der Waals surface area contributed by atoms with Crippen LogP contribution in [0.15, 0.2) is 48.0 Å². The molecule has 2 heteroatoms. The SMILES string of the molecule is OCC1=C(c2ccc3ccccc3c2)CCNC1. The van der Waals surface area contributed by atoms with Gasteiger partial charge in [0, 0.05) is 6.54 Å². The largest absolute Gasteiger partial charge is 0.392 e. The summed E-state index contributed by atoms with van der Waals surface area (Å²) < 4.78 is 0. The summed E-state index contributed by atoms with van der Waals surface area (Å²) in [6.45, 7) is 1.94. The fourth-order valence-electron chi connectivity index (χ4n) is 2.61. The normalized spacial score (nSPS) is 16.3. The monoisotopic (exact) mass is 239 g/mol.